The smallest absolute Gasteiger partial charge is 0.0603 e. The lowest BCUT2D eigenvalue weighted by atomic mass is 9.86. The number of nitrogens with zero attached hydrogens (tertiary/aromatic N) is 2. The van der Waals surface area contributed by atoms with Gasteiger partial charge in [0.15, 0.2) is 0 Å². The molecule has 0 unspecified atom stereocenters. The van der Waals surface area contributed by atoms with E-state index in [1.807, 2.05) is 26.1 Å². The van der Waals surface area contributed by atoms with Crippen LogP contribution in [0, 0.1) is 0 Å². The van der Waals surface area contributed by atoms with Gasteiger partial charge in [-0.15, -0.1) is 0 Å². The topological polar surface area (TPSA) is 43.3 Å². The highest BCUT2D eigenvalue weighted by molar-refractivity contribution is 5.97. The lowest BCUT2D eigenvalue weighted by Crippen LogP contribution is -2.07. The molecule has 0 radical (unpaired) electrons. The molecule has 1 aliphatic heterocycles. The van der Waals surface area contributed by atoms with Crippen molar-refractivity contribution in [3.05, 3.63) is 143 Å². The van der Waals surface area contributed by atoms with Crippen LogP contribution in [0.2, 0.25) is 0 Å². The third-order valence-corrected chi connectivity index (χ3v) is 8.47. The second-order valence-electron chi connectivity index (χ2n) is 11.0. The summed E-state index contributed by atoms with van der Waals surface area (Å²) in [6, 6.07) is 35.3. The Morgan fingerprint density at radius 1 is 0.860 bits per heavy atom. The minimum Gasteiger partial charge on any atom is -0.405 e. The first kappa shape index (κ1) is 28.2. The summed E-state index contributed by atoms with van der Waals surface area (Å²) >= 11 is 0. The van der Waals surface area contributed by atoms with E-state index in [0.29, 0.717) is 0 Å². The minimum absolute atomic E-state index is 0.807. The molecule has 2 aliphatic rings. The molecule has 4 aromatic carbocycles. The summed E-state index contributed by atoms with van der Waals surface area (Å²) < 4.78 is 2.47. The fourth-order valence-corrected chi connectivity index (χ4v) is 6.35. The number of aromatic nitrogens is 1. The molecule has 0 saturated carbocycles. The third-order valence-electron chi connectivity index (χ3n) is 8.47. The number of nitrogens with two attached hydrogens (primary N) is 1. The van der Waals surface area contributed by atoms with E-state index in [0.717, 1.165) is 31.4 Å². The summed E-state index contributed by atoms with van der Waals surface area (Å²) in [5.41, 5.74) is 21.3. The molecule has 5 aromatic rings. The Labute approximate surface area is 255 Å². The van der Waals surface area contributed by atoms with E-state index in [4.69, 9.17) is 5.73 Å². The van der Waals surface area contributed by atoms with Crippen molar-refractivity contribution >= 4 is 22.7 Å². The number of hydrogen-bond donors (Lipinski definition) is 1. The Balaban J connectivity index is 0.00000161. The average molecular weight is 562 g/mol. The molecule has 7 rings (SSSR count). The van der Waals surface area contributed by atoms with Gasteiger partial charge in [0, 0.05) is 22.9 Å². The summed E-state index contributed by atoms with van der Waals surface area (Å²) in [7, 11) is 0. The maximum Gasteiger partial charge on any atom is 0.0603 e. The van der Waals surface area contributed by atoms with E-state index in [2.05, 4.69) is 120 Å². The van der Waals surface area contributed by atoms with E-state index in [-0.39, 0.29) is 0 Å². The maximum absolute atomic E-state index is 5.93. The standard InChI is InChI=1S/C38H33N3.C2H6/c1-26-24-40-25-32(26)13-12-28(20-21-39)30-15-18-35-36-19-16-31-22-29(27-8-4-2-5-9-27)14-17-34(31)38(36)41(37(35)23-30)33-10-6-3-7-11-33;1-2/h2-12,14-15,17-18,20-23,25H,13,16,19,24,39H2,1H3;1-2H3/b21-20-,28-12+;. The van der Waals surface area contributed by atoms with Gasteiger partial charge in [0.1, 0.15) is 0 Å². The molecule has 0 saturated heterocycles. The van der Waals surface area contributed by atoms with Crippen LogP contribution in [0.3, 0.4) is 0 Å². The largest absolute Gasteiger partial charge is 0.405 e. The summed E-state index contributed by atoms with van der Waals surface area (Å²) in [5, 5.41) is 1.32. The second-order valence-corrected chi connectivity index (χ2v) is 11.0. The fourth-order valence-electron chi connectivity index (χ4n) is 6.35. The van der Waals surface area contributed by atoms with Gasteiger partial charge >= 0.3 is 0 Å². The SMILES string of the molecule is CC.CC1=C(C/C=C(\C=C/N)c2ccc3c4c(n(-c5ccccc5)c3c2)-c2ccc(-c3ccccc3)cc2CC4)C=NC1. The number of para-hydroxylation sites is 1. The number of fused-ring (bicyclic) bond motifs is 5. The van der Waals surface area contributed by atoms with Gasteiger partial charge in [-0.3, -0.25) is 4.99 Å². The molecule has 214 valence electrons. The van der Waals surface area contributed by atoms with Gasteiger partial charge in [-0.25, -0.2) is 0 Å². The van der Waals surface area contributed by atoms with Gasteiger partial charge in [-0.1, -0.05) is 98.8 Å². The molecule has 43 heavy (non-hydrogen) atoms. The van der Waals surface area contributed by atoms with Crippen LogP contribution in [0.5, 0.6) is 0 Å². The molecular formula is C40H39N3. The molecule has 0 spiro atoms. The Hall–Kier alpha value is -4.89. The van der Waals surface area contributed by atoms with E-state index in [1.54, 1.807) is 6.20 Å². The Kier molecular flexibility index (Phi) is 8.24. The Morgan fingerprint density at radius 2 is 1.63 bits per heavy atom. The monoisotopic (exact) mass is 561 g/mol. The van der Waals surface area contributed by atoms with Crippen LogP contribution in [0.15, 0.2) is 132 Å². The number of allylic oxidation sites excluding steroid dienone is 4. The van der Waals surface area contributed by atoms with E-state index < -0.39 is 0 Å². The zero-order valence-electron chi connectivity index (χ0n) is 25.3. The highest BCUT2D eigenvalue weighted by Gasteiger charge is 2.26. The molecule has 3 nitrogen and oxygen atoms in total. The molecule has 0 atom stereocenters. The zero-order chi connectivity index (χ0) is 29.8. The number of benzene rings is 4. The summed E-state index contributed by atoms with van der Waals surface area (Å²) in [6.07, 6.45) is 10.8. The number of aliphatic imine (C=N–C) groups is 1. The van der Waals surface area contributed by atoms with Crippen molar-refractivity contribution in [2.45, 2.75) is 40.0 Å². The second kappa shape index (κ2) is 12.5. The van der Waals surface area contributed by atoms with Gasteiger partial charge in [0.2, 0.25) is 0 Å². The highest BCUT2D eigenvalue weighted by Crippen LogP contribution is 2.43. The first-order valence-corrected chi connectivity index (χ1v) is 15.4. The zero-order valence-corrected chi connectivity index (χ0v) is 25.3. The predicted molar refractivity (Wildman–Crippen MR) is 185 cm³/mol. The van der Waals surface area contributed by atoms with Crippen LogP contribution in [0.25, 0.3) is 44.5 Å². The van der Waals surface area contributed by atoms with E-state index in [9.17, 15) is 0 Å². The van der Waals surface area contributed by atoms with Gasteiger partial charge < -0.3 is 10.3 Å². The van der Waals surface area contributed by atoms with Crippen LogP contribution >= 0.6 is 0 Å². The quantitative estimate of drug-likeness (QED) is 0.206. The molecule has 0 amide bonds. The normalized spacial score (nSPS) is 14.2. The summed E-state index contributed by atoms with van der Waals surface area (Å²) in [6.45, 7) is 6.97. The van der Waals surface area contributed by atoms with E-state index >= 15 is 0 Å². The molecule has 1 aromatic heterocycles. The van der Waals surface area contributed by atoms with Gasteiger partial charge in [-0.2, -0.15) is 0 Å². The number of rotatable bonds is 6. The van der Waals surface area contributed by atoms with Crippen molar-refractivity contribution < 1.29 is 0 Å². The fraction of sp³-hybridized carbons (Fsp3) is 0.175. The van der Waals surface area contributed by atoms with Gasteiger partial charge in [0.25, 0.3) is 0 Å². The lowest BCUT2D eigenvalue weighted by Gasteiger charge is -2.21. The van der Waals surface area contributed by atoms with Crippen molar-refractivity contribution in [3.63, 3.8) is 0 Å². The lowest BCUT2D eigenvalue weighted by molar-refractivity contribution is 0.934. The van der Waals surface area contributed by atoms with Crippen LogP contribution in [0.4, 0.5) is 0 Å². The highest BCUT2D eigenvalue weighted by atomic mass is 15.0. The van der Waals surface area contributed by atoms with Crippen molar-refractivity contribution in [1.82, 2.24) is 4.57 Å². The van der Waals surface area contributed by atoms with Crippen LogP contribution in [-0.4, -0.2) is 17.3 Å². The first-order chi connectivity index (χ1) is 21.2. The first-order valence-electron chi connectivity index (χ1n) is 15.4. The Bertz CT molecular complexity index is 1880. The van der Waals surface area contributed by atoms with Crippen LogP contribution in [0.1, 0.15) is 43.9 Å². The number of hydrogen-bond acceptors (Lipinski definition) is 2. The summed E-state index contributed by atoms with van der Waals surface area (Å²) in [5.74, 6) is 0. The molecule has 0 bridgehead atoms. The average Bonchev–Trinajstić information content (AvgIpc) is 3.64. The molecule has 0 fully saturated rings. The van der Waals surface area contributed by atoms with Crippen molar-refractivity contribution in [1.29, 1.82) is 0 Å². The maximum atomic E-state index is 5.93. The van der Waals surface area contributed by atoms with Gasteiger partial charge in [-0.05, 0) is 101 Å². The third kappa shape index (κ3) is 5.39. The van der Waals surface area contributed by atoms with Crippen LogP contribution < -0.4 is 5.73 Å². The molecule has 2 heterocycles. The Morgan fingerprint density at radius 3 is 2.35 bits per heavy atom. The van der Waals surface area contributed by atoms with Crippen LogP contribution in [-0.2, 0) is 12.8 Å². The van der Waals surface area contributed by atoms with Gasteiger partial charge in [0.05, 0.1) is 17.8 Å². The predicted octanol–water partition coefficient (Wildman–Crippen LogP) is 9.74. The van der Waals surface area contributed by atoms with Crippen molar-refractivity contribution in [2.75, 3.05) is 6.54 Å². The van der Waals surface area contributed by atoms with Crippen molar-refractivity contribution in [2.24, 2.45) is 10.7 Å². The summed E-state index contributed by atoms with van der Waals surface area (Å²) in [4.78, 5) is 4.43. The number of aryl methyl sites for hydroxylation is 2. The van der Waals surface area contributed by atoms with Crippen molar-refractivity contribution in [3.8, 4) is 28.1 Å². The van der Waals surface area contributed by atoms with E-state index in [1.165, 1.54) is 66.8 Å². The molecule has 1 aliphatic carbocycles. The molecule has 2 N–H and O–H groups in total. The molecule has 3 heteroatoms. The molecular weight excluding hydrogens is 522 g/mol. The minimum atomic E-state index is 0.807.